The highest BCUT2D eigenvalue weighted by atomic mass is 16.5. The van der Waals surface area contributed by atoms with Crippen LogP contribution >= 0.6 is 0 Å². The molecule has 6 heteroatoms. The Hall–Kier alpha value is -1.56. The van der Waals surface area contributed by atoms with E-state index in [0.717, 1.165) is 0 Å². The second-order valence-corrected chi connectivity index (χ2v) is 4.25. The van der Waals surface area contributed by atoms with Crippen molar-refractivity contribution >= 4 is 12.1 Å². The van der Waals surface area contributed by atoms with Crippen LogP contribution in [-0.4, -0.2) is 40.0 Å². The van der Waals surface area contributed by atoms with Gasteiger partial charge in [0.15, 0.2) is 0 Å². The molecule has 0 aromatic heterocycles. The van der Waals surface area contributed by atoms with Gasteiger partial charge in [-0.05, 0) is 6.92 Å². The molecule has 0 aliphatic heterocycles. The van der Waals surface area contributed by atoms with Crippen molar-refractivity contribution < 1.29 is 24.5 Å². The highest BCUT2D eigenvalue weighted by Gasteiger charge is 2.57. The van der Waals surface area contributed by atoms with E-state index in [4.69, 9.17) is 5.11 Å². The van der Waals surface area contributed by atoms with Gasteiger partial charge in [-0.15, -0.1) is 0 Å². The number of carbonyl (C=O) groups is 2. The maximum absolute atomic E-state index is 11.2. The maximum atomic E-state index is 11.2. The van der Waals surface area contributed by atoms with Crippen LogP contribution in [0.15, 0.2) is 12.7 Å². The molecule has 1 saturated carbocycles. The minimum Gasteiger partial charge on any atom is -0.479 e. The Morgan fingerprint density at radius 3 is 2.50 bits per heavy atom. The van der Waals surface area contributed by atoms with Gasteiger partial charge in [-0.25, -0.2) is 9.59 Å². The first-order chi connectivity index (χ1) is 7.31. The van der Waals surface area contributed by atoms with E-state index in [1.807, 2.05) is 0 Å². The Morgan fingerprint density at radius 2 is 2.12 bits per heavy atom. The second kappa shape index (κ2) is 4.13. The molecule has 3 N–H and O–H groups in total. The number of hydrogen-bond acceptors (Lipinski definition) is 4. The zero-order chi connectivity index (χ0) is 12.4. The summed E-state index contributed by atoms with van der Waals surface area (Å²) < 4.78 is 4.63. The van der Waals surface area contributed by atoms with Crippen molar-refractivity contribution in [2.24, 2.45) is 0 Å². The van der Waals surface area contributed by atoms with E-state index in [9.17, 15) is 14.7 Å². The van der Waals surface area contributed by atoms with E-state index in [2.05, 4.69) is 16.6 Å². The second-order valence-electron chi connectivity index (χ2n) is 4.25. The molecule has 1 fully saturated rings. The number of rotatable bonds is 4. The Morgan fingerprint density at radius 1 is 1.56 bits per heavy atom. The quantitative estimate of drug-likeness (QED) is 0.601. The molecule has 0 aromatic carbocycles. The number of amides is 1. The Balaban J connectivity index is 2.58. The van der Waals surface area contributed by atoms with Crippen molar-refractivity contribution in [1.82, 2.24) is 5.32 Å². The SMILES string of the molecule is C=CCOC(=O)NC1(C(=O)O)CC(C)(O)C1. The van der Waals surface area contributed by atoms with Crippen LogP contribution in [-0.2, 0) is 9.53 Å². The molecular formula is C10H15NO5. The first kappa shape index (κ1) is 12.5. The third-order valence-electron chi connectivity index (χ3n) is 2.45. The van der Waals surface area contributed by atoms with Crippen LogP contribution in [0.3, 0.4) is 0 Å². The smallest absolute Gasteiger partial charge is 0.408 e. The zero-order valence-corrected chi connectivity index (χ0v) is 9.02. The molecule has 0 radical (unpaired) electrons. The number of nitrogens with one attached hydrogen (secondary N) is 1. The van der Waals surface area contributed by atoms with Crippen LogP contribution in [0.25, 0.3) is 0 Å². The average Bonchev–Trinajstić information content (AvgIpc) is 2.11. The molecule has 0 heterocycles. The van der Waals surface area contributed by atoms with Gasteiger partial charge in [-0.1, -0.05) is 12.7 Å². The summed E-state index contributed by atoms with van der Waals surface area (Å²) >= 11 is 0. The molecule has 1 rings (SSSR count). The molecule has 0 unspecified atom stereocenters. The largest absolute Gasteiger partial charge is 0.479 e. The van der Waals surface area contributed by atoms with Crippen LogP contribution in [0.5, 0.6) is 0 Å². The number of aliphatic hydroxyl groups is 1. The van der Waals surface area contributed by atoms with E-state index in [0.29, 0.717) is 0 Å². The monoisotopic (exact) mass is 229 g/mol. The van der Waals surface area contributed by atoms with Gasteiger partial charge in [0.05, 0.1) is 5.60 Å². The lowest BCUT2D eigenvalue weighted by Gasteiger charge is -2.48. The maximum Gasteiger partial charge on any atom is 0.408 e. The topological polar surface area (TPSA) is 95.9 Å². The fraction of sp³-hybridized carbons (Fsp3) is 0.600. The summed E-state index contributed by atoms with van der Waals surface area (Å²) in [7, 11) is 0. The van der Waals surface area contributed by atoms with Gasteiger partial charge in [-0.2, -0.15) is 0 Å². The van der Waals surface area contributed by atoms with Crippen LogP contribution in [0.1, 0.15) is 19.8 Å². The van der Waals surface area contributed by atoms with Gasteiger partial charge in [0.1, 0.15) is 12.1 Å². The van der Waals surface area contributed by atoms with Crippen molar-refractivity contribution in [2.75, 3.05) is 6.61 Å². The Labute approximate surface area is 92.9 Å². The Bertz CT molecular complexity index is 315. The summed E-state index contributed by atoms with van der Waals surface area (Å²) in [6.07, 6.45) is 0.499. The van der Waals surface area contributed by atoms with E-state index in [-0.39, 0.29) is 19.4 Å². The first-order valence-electron chi connectivity index (χ1n) is 4.83. The van der Waals surface area contributed by atoms with Crippen molar-refractivity contribution in [1.29, 1.82) is 0 Å². The zero-order valence-electron chi connectivity index (χ0n) is 9.02. The molecule has 6 nitrogen and oxygen atoms in total. The normalized spacial score (nSPS) is 32.4. The number of carboxylic acid groups (broad SMARTS) is 1. The van der Waals surface area contributed by atoms with Crippen LogP contribution in [0, 0.1) is 0 Å². The molecule has 1 aliphatic rings. The molecule has 0 spiro atoms. The minimum atomic E-state index is -1.41. The van der Waals surface area contributed by atoms with Gasteiger partial charge >= 0.3 is 12.1 Å². The summed E-state index contributed by atoms with van der Waals surface area (Å²) in [6.45, 7) is 4.89. The molecular weight excluding hydrogens is 214 g/mol. The van der Waals surface area contributed by atoms with Gasteiger partial charge < -0.3 is 20.3 Å². The highest BCUT2D eigenvalue weighted by Crippen LogP contribution is 2.41. The fourth-order valence-electron chi connectivity index (χ4n) is 1.91. The molecule has 0 saturated heterocycles. The summed E-state index contributed by atoms with van der Waals surface area (Å²) in [4.78, 5) is 22.2. The van der Waals surface area contributed by atoms with Crippen molar-refractivity contribution in [2.45, 2.75) is 30.9 Å². The van der Waals surface area contributed by atoms with Crippen molar-refractivity contribution in [3.63, 3.8) is 0 Å². The standard InChI is InChI=1S/C10H15NO5/c1-3-4-16-8(14)11-10(7(12)13)5-9(2,15)6-10/h3,15H,1,4-6H2,2H3,(H,11,14)(H,12,13). The number of aliphatic carboxylic acids is 1. The van der Waals surface area contributed by atoms with E-state index in [1.54, 1.807) is 0 Å². The molecule has 1 amide bonds. The van der Waals surface area contributed by atoms with Crippen LogP contribution in [0.2, 0.25) is 0 Å². The number of alkyl carbamates (subject to hydrolysis) is 1. The van der Waals surface area contributed by atoms with E-state index < -0.39 is 23.2 Å². The third kappa shape index (κ3) is 2.52. The third-order valence-corrected chi connectivity index (χ3v) is 2.45. The van der Waals surface area contributed by atoms with Gasteiger partial charge in [0.2, 0.25) is 0 Å². The minimum absolute atomic E-state index is 0.0118. The predicted octanol–water partition coefficient (Wildman–Crippen LogP) is 0.267. The number of carboxylic acids is 1. The van der Waals surface area contributed by atoms with E-state index >= 15 is 0 Å². The number of hydrogen-bond donors (Lipinski definition) is 3. The lowest BCUT2D eigenvalue weighted by Crippen LogP contribution is -2.68. The number of ether oxygens (including phenoxy) is 1. The van der Waals surface area contributed by atoms with Crippen LogP contribution < -0.4 is 5.32 Å². The van der Waals surface area contributed by atoms with E-state index in [1.165, 1.54) is 13.0 Å². The van der Waals surface area contributed by atoms with Crippen molar-refractivity contribution in [3.05, 3.63) is 12.7 Å². The average molecular weight is 229 g/mol. The molecule has 1 aliphatic carbocycles. The van der Waals surface area contributed by atoms with Crippen molar-refractivity contribution in [3.8, 4) is 0 Å². The highest BCUT2D eigenvalue weighted by molar-refractivity contribution is 5.86. The van der Waals surface area contributed by atoms with Gasteiger partial charge in [0, 0.05) is 12.8 Å². The predicted molar refractivity (Wildman–Crippen MR) is 54.9 cm³/mol. The molecule has 0 atom stereocenters. The lowest BCUT2D eigenvalue weighted by atomic mass is 9.66. The molecule has 16 heavy (non-hydrogen) atoms. The molecule has 0 aromatic rings. The van der Waals surface area contributed by atoms with Crippen LogP contribution in [0.4, 0.5) is 4.79 Å². The van der Waals surface area contributed by atoms with Gasteiger partial charge in [-0.3, -0.25) is 0 Å². The Kier molecular flexibility index (Phi) is 3.23. The summed E-state index contributed by atoms with van der Waals surface area (Å²) in [5.74, 6) is -1.17. The van der Waals surface area contributed by atoms with Gasteiger partial charge in [0.25, 0.3) is 0 Å². The summed E-state index contributed by atoms with van der Waals surface area (Å²) in [5, 5.41) is 20.8. The number of carbonyl (C=O) groups excluding carboxylic acids is 1. The molecule has 0 bridgehead atoms. The fourth-order valence-corrected chi connectivity index (χ4v) is 1.91. The summed E-state index contributed by atoms with van der Waals surface area (Å²) in [5.41, 5.74) is -2.47. The first-order valence-corrected chi connectivity index (χ1v) is 4.83. The lowest BCUT2D eigenvalue weighted by molar-refractivity contribution is -0.164. The molecule has 90 valence electrons. The summed E-state index contributed by atoms with van der Waals surface area (Å²) in [6, 6.07) is 0.